The van der Waals surface area contributed by atoms with E-state index in [0.717, 1.165) is 31.8 Å². The van der Waals surface area contributed by atoms with Crippen molar-refractivity contribution in [1.82, 2.24) is 0 Å². The highest BCUT2D eigenvalue weighted by molar-refractivity contribution is 5.36. The van der Waals surface area contributed by atoms with Crippen molar-refractivity contribution < 1.29 is 9.47 Å². The largest absolute Gasteiger partial charge is 0.496 e. The third-order valence-corrected chi connectivity index (χ3v) is 2.80. The topological polar surface area (TPSA) is 18.5 Å². The minimum Gasteiger partial charge on any atom is -0.496 e. The van der Waals surface area contributed by atoms with Crippen LogP contribution in [0.25, 0.3) is 0 Å². The lowest BCUT2D eigenvalue weighted by atomic mass is 9.91. The summed E-state index contributed by atoms with van der Waals surface area (Å²) in [5.74, 6) is 1.62. The highest BCUT2D eigenvalue weighted by atomic mass is 16.5. The van der Waals surface area contributed by atoms with Crippen LogP contribution in [-0.4, -0.2) is 20.3 Å². The van der Waals surface area contributed by atoms with Crippen molar-refractivity contribution in [2.75, 3.05) is 20.3 Å². The molecule has 1 aromatic rings. The average molecular weight is 192 g/mol. The van der Waals surface area contributed by atoms with Crippen molar-refractivity contribution in [3.05, 3.63) is 29.8 Å². The molecule has 0 spiro atoms. The van der Waals surface area contributed by atoms with Crippen LogP contribution in [0.1, 0.15) is 24.3 Å². The van der Waals surface area contributed by atoms with Gasteiger partial charge in [0.1, 0.15) is 5.75 Å². The predicted octanol–water partition coefficient (Wildman–Crippen LogP) is 2.59. The van der Waals surface area contributed by atoms with Crippen LogP contribution in [0.4, 0.5) is 0 Å². The normalized spacial score (nSPS) is 18.1. The van der Waals surface area contributed by atoms with E-state index in [2.05, 4.69) is 12.1 Å². The maximum Gasteiger partial charge on any atom is 0.122 e. The first-order valence-corrected chi connectivity index (χ1v) is 5.12. The van der Waals surface area contributed by atoms with Crippen LogP contribution < -0.4 is 4.74 Å². The highest BCUT2D eigenvalue weighted by Gasteiger charge is 2.18. The molecule has 0 amide bonds. The molecule has 2 heteroatoms. The van der Waals surface area contributed by atoms with Gasteiger partial charge in [0, 0.05) is 13.2 Å². The molecule has 1 aliphatic rings. The van der Waals surface area contributed by atoms with E-state index in [1.54, 1.807) is 7.11 Å². The van der Waals surface area contributed by atoms with Gasteiger partial charge in [0.25, 0.3) is 0 Å². The predicted molar refractivity (Wildman–Crippen MR) is 55.8 cm³/mol. The minimum atomic E-state index is 0.611. The molecule has 0 aromatic heterocycles. The standard InChI is InChI=1S/C12H16O2/c1-13-12-5-3-2-4-11(12)10-6-8-14-9-7-10/h2-5,10H,6-9H2,1H3. The molecule has 1 saturated heterocycles. The molecule has 1 aromatic carbocycles. The Balaban J connectivity index is 2.20. The number of ether oxygens (including phenoxy) is 2. The fourth-order valence-electron chi connectivity index (χ4n) is 2.01. The van der Waals surface area contributed by atoms with Gasteiger partial charge in [0.15, 0.2) is 0 Å². The number of benzene rings is 1. The van der Waals surface area contributed by atoms with Gasteiger partial charge >= 0.3 is 0 Å². The van der Waals surface area contributed by atoms with Crippen LogP contribution in [-0.2, 0) is 4.74 Å². The molecule has 76 valence electrons. The Morgan fingerprint density at radius 1 is 1.21 bits per heavy atom. The monoisotopic (exact) mass is 192 g/mol. The van der Waals surface area contributed by atoms with Crippen LogP contribution in [0, 0.1) is 0 Å². The Kier molecular flexibility index (Phi) is 3.04. The first kappa shape index (κ1) is 9.53. The molecule has 1 fully saturated rings. The van der Waals surface area contributed by atoms with Gasteiger partial charge in [-0.2, -0.15) is 0 Å². The zero-order valence-electron chi connectivity index (χ0n) is 8.53. The lowest BCUT2D eigenvalue weighted by Crippen LogP contribution is -2.14. The fraction of sp³-hybridized carbons (Fsp3) is 0.500. The Bertz CT molecular complexity index is 290. The Morgan fingerprint density at radius 2 is 1.93 bits per heavy atom. The molecule has 2 nitrogen and oxygen atoms in total. The molecule has 1 heterocycles. The zero-order chi connectivity index (χ0) is 9.80. The van der Waals surface area contributed by atoms with Crippen molar-refractivity contribution in [2.24, 2.45) is 0 Å². The van der Waals surface area contributed by atoms with Gasteiger partial charge in [0.05, 0.1) is 7.11 Å². The van der Waals surface area contributed by atoms with E-state index in [1.165, 1.54) is 5.56 Å². The van der Waals surface area contributed by atoms with E-state index in [1.807, 2.05) is 12.1 Å². The van der Waals surface area contributed by atoms with E-state index >= 15 is 0 Å². The summed E-state index contributed by atoms with van der Waals surface area (Å²) in [5, 5.41) is 0. The summed E-state index contributed by atoms with van der Waals surface area (Å²) in [4.78, 5) is 0. The lowest BCUT2D eigenvalue weighted by Gasteiger charge is -2.23. The number of hydrogen-bond acceptors (Lipinski definition) is 2. The van der Waals surface area contributed by atoms with Gasteiger partial charge in [-0.25, -0.2) is 0 Å². The third-order valence-electron chi connectivity index (χ3n) is 2.80. The smallest absolute Gasteiger partial charge is 0.122 e. The van der Waals surface area contributed by atoms with Crippen molar-refractivity contribution in [3.63, 3.8) is 0 Å². The quantitative estimate of drug-likeness (QED) is 0.717. The van der Waals surface area contributed by atoms with Crippen LogP contribution in [0.3, 0.4) is 0 Å². The summed E-state index contributed by atoms with van der Waals surface area (Å²) in [6.45, 7) is 1.76. The van der Waals surface area contributed by atoms with Crippen LogP contribution in [0.5, 0.6) is 5.75 Å². The first-order chi connectivity index (χ1) is 6.92. The van der Waals surface area contributed by atoms with Crippen LogP contribution in [0.2, 0.25) is 0 Å². The number of methoxy groups -OCH3 is 1. The average Bonchev–Trinajstić information content (AvgIpc) is 2.30. The summed E-state index contributed by atoms with van der Waals surface area (Å²) < 4.78 is 10.7. The Labute approximate surface area is 84.8 Å². The second-order valence-corrected chi connectivity index (χ2v) is 3.63. The third kappa shape index (κ3) is 1.90. The summed E-state index contributed by atoms with van der Waals surface area (Å²) in [5.41, 5.74) is 1.33. The number of para-hydroxylation sites is 1. The maximum absolute atomic E-state index is 5.36. The molecular weight excluding hydrogens is 176 g/mol. The van der Waals surface area contributed by atoms with Crippen LogP contribution >= 0.6 is 0 Å². The summed E-state index contributed by atoms with van der Waals surface area (Å²) in [6.07, 6.45) is 2.22. The van der Waals surface area contributed by atoms with E-state index < -0.39 is 0 Å². The minimum absolute atomic E-state index is 0.611. The van der Waals surface area contributed by atoms with Crippen molar-refractivity contribution in [2.45, 2.75) is 18.8 Å². The summed E-state index contributed by atoms with van der Waals surface area (Å²) in [7, 11) is 1.73. The SMILES string of the molecule is COc1ccccc1C1CCOCC1. The van der Waals surface area contributed by atoms with E-state index in [9.17, 15) is 0 Å². The molecule has 0 radical (unpaired) electrons. The molecular formula is C12H16O2. The van der Waals surface area contributed by atoms with E-state index in [-0.39, 0.29) is 0 Å². The molecule has 1 aliphatic heterocycles. The molecule has 0 bridgehead atoms. The molecule has 0 saturated carbocycles. The molecule has 14 heavy (non-hydrogen) atoms. The second-order valence-electron chi connectivity index (χ2n) is 3.63. The summed E-state index contributed by atoms with van der Waals surface area (Å²) in [6, 6.07) is 8.29. The maximum atomic E-state index is 5.36. The number of rotatable bonds is 2. The van der Waals surface area contributed by atoms with Gasteiger partial charge in [-0.05, 0) is 30.4 Å². The summed E-state index contributed by atoms with van der Waals surface area (Å²) >= 11 is 0. The van der Waals surface area contributed by atoms with Crippen molar-refractivity contribution >= 4 is 0 Å². The van der Waals surface area contributed by atoms with Gasteiger partial charge in [-0.15, -0.1) is 0 Å². The van der Waals surface area contributed by atoms with E-state index in [0.29, 0.717) is 5.92 Å². The van der Waals surface area contributed by atoms with E-state index in [4.69, 9.17) is 9.47 Å². The highest BCUT2D eigenvalue weighted by Crippen LogP contribution is 2.32. The van der Waals surface area contributed by atoms with Gasteiger partial charge in [-0.1, -0.05) is 18.2 Å². The second kappa shape index (κ2) is 4.47. The fourth-order valence-corrected chi connectivity index (χ4v) is 2.01. The molecule has 2 rings (SSSR count). The Hall–Kier alpha value is -1.02. The van der Waals surface area contributed by atoms with Crippen molar-refractivity contribution in [1.29, 1.82) is 0 Å². The molecule has 0 aliphatic carbocycles. The zero-order valence-corrected chi connectivity index (χ0v) is 8.53. The van der Waals surface area contributed by atoms with Crippen LogP contribution in [0.15, 0.2) is 24.3 Å². The molecule has 0 unspecified atom stereocenters. The van der Waals surface area contributed by atoms with Gasteiger partial charge in [-0.3, -0.25) is 0 Å². The van der Waals surface area contributed by atoms with Gasteiger partial charge in [0.2, 0.25) is 0 Å². The Morgan fingerprint density at radius 3 is 2.64 bits per heavy atom. The lowest BCUT2D eigenvalue weighted by molar-refractivity contribution is 0.0848. The van der Waals surface area contributed by atoms with Gasteiger partial charge < -0.3 is 9.47 Å². The number of hydrogen-bond donors (Lipinski definition) is 0. The molecule has 0 N–H and O–H groups in total. The molecule has 0 atom stereocenters. The van der Waals surface area contributed by atoms with Crippen molar-refractivity contribution in [3.8, 4) is 5.75 Å². The first-order valence-electron chi connectivity index (χ1n) is 5.12.